The molecule has 0 aliphatic heterocycles. The van der Waals surface area contributed by atoms with E-state index in [1.54, 1.807) is 7.11 Å². The van der Waals surface area contributed by atoms with Crippen molar-refractivity contribution in [3.05, 3.63) is 100 Å². The number of nitrogens with zero attached hydrogens (tertiary/aromatic N) is 1. The highest BCUT2D eigenvalue weighted by atomic mass is 79.9. The van der Waals surface area contributed by atoms with E-state index in [4.69, 9.17) is 9.47 Å². The van der Waals surface area contributed by atoms with Crippen molar-refractivity contribution < 1.29 is 9.47 Å². The largest absolute Gasteiger partial charge is 0.493 e. The van der Waals surface area contributed by atoms with Crippen LogP contribution in [0.15, 0.2) is 88.3 Å². The molecular weight excluding hydrogens is 450 g/mol. The SMILES string of the molecule is CCc1ccc(N=Cc2cc(Br)c(OCc3cccc4ccccc34)c(OC)c2)cc1. The Hall–Kier alpha value is -3.11. The zero-order valence-electron chi connectivity index (χ0n) is 17.6. The van der Waals surface area contributed by atoms with Crippen LogP contribution in [0.4, 0.5) is 5.69 Å². The highest BCUT2D eigenvalue weighted by Crippen LogP contribution is 2.37. The van der Waals surface area contributed by atoms with E-state index < -0.39 is 0 Å². The van der Waals surface area contributed by atoms with Crippen LogP contribution in [0.25, 0.3) is 10.8 Å². The summed E-state index contributed by atoms with van der Waals surface area (Å²) in [6.45, 7) is 2.60. The number of hydrogen-bond donors (Lipinski definition) is 0. The lowest BCUT2D eigenvalue weighted by atomic mass is 10.1. The van der Waals surface area contributed by atoms with Crippen molar-refractivity contribution in [3.63, 3.8) is 0 Å². The van der Waals surface area contributed by atoms with E-state index in [0.29, 0.717) is 18.1 Å². The second-order valence-electron chi connectivity index (χ2n) is 7.24. The molecule has 0 atom stereocenters. The van der Waals surface area contributed by atoms with Gasteiger partial charge in [0.25, 0.3) is 0 Å². The molecule has 0 unspecified atom stereocenters. The van der Waals surface area contributed by atoms with Crippen LogP contribution in [0.2, 0.25) is 0 Å². The minimum atomic E-state index is 0.452. The quantitative estimate of drug-likeness (QED) is 0.260. The molecule has 31 heavy (non-hydrogen) atoms. The molecule has 4 heteroatoms. The average Bonchev–Trinajstić information content (AvgIpc) is 2.82. The van der Waals surface area contributed by atoms with Gasteiger partial charge < -0.3 is 9.47 Å². The van der Waals surface area contributed by atoms with Crippen molar-refractivity contribution in [2.24, 2.45) is 4.99 Å². The number of rotatable bonds is 7. The third kappa shape index (κ3) is 4.97. The molecule has 0 aliphatic carbocycles. The average molecular weight is 474 g/mol. The summed E-state index contributed by atoms with van der Waals surface area (Å²) in [5.74, 6) is 1.34. The van der Waals surface area contributed by atoms with Crippen molar-refractivity contribution in [1.82, 2.24) is 0 Å². The Kier molecular flexibility index (Phi) is 6.68. The topological polar surface area (TPSA) is 30.8 Å². The first-order chi connectivity index (χ1) is 15.2. The lowest BCUT2D eigenvalue weighted by Gasteiger charge is -2.14. The molecular formula is C27H24BrNO2. The van der Waals surface area contributed by atoms with Crippen LogP contribution in [0.1, 0.15) is 23.6 Å². The number of aryl methyl sites for hydroxylation is 1. The minimum absolute atomic E-state index is 0.452. The van der Waals surface area contributed by atoms with Gasteiger partial charge in [-0.25, -0.2) is 0 Å². The predicted octanol–water partition coefficient (Wildman–Crippen LogP) is 7.50. The molecule has 4 aromatic rings. The van der Waals surface area contributed by atoms with Gasteiger partial charge in [-0.05, 0) is 74.1 Å². The first-order valence-electron chi connectivity index (χ1n) is 10.3. The molecule has 0 aromatic heterocycles. The van der Waals surface area contributed by atoms with Crippen LogP contribution >= 0.6 is 15.9 Å². The molecule has 4 aromatic carbocycles. The first-order valence-corrected chi connectivity index (χ1v) is 11.1. The number of methoxy groups -OCH3 is 1. The van der Waals surface area contributed by atoms with E-state index in [2.05, 4.69) is 70.3 Å². The maximum atomic E-state index is 6.18. The van der Waals surface area contributed by atoms with Gasteiger partial charge in [0.1, 0.15) is 6.61 Å². The Bertz CT molecular complexity index is 1210. The molecule has 0 N–H and O–H groups in total. The van der Waals surface area contributed by atoms with E-state index in [-0.39, 0.29) is 0 Å². The van der Waals surface area contributed by atoms with Gasteiger partial charge in [-0.2, -0.15) is 0 Å². The van der Waals surface area contributed by atoms with Gasteiger partial charge in [0.2, 0.25) is 0 Å². The zero-order valence-corrected chi connectivity index (χ0v) is 19.2. The van der Waals surface area contributed by atoms with Gasteiger partial charge in [0.15, 0.2) is 11.5 Å². The van der Waals surface area contributed by atoms with Crippen LogP contribution in [0.5, 0.6) is 11.5 Å². The van der Waals surface area contributed by atoms with Gasteiger partial charge in [0.05, 0.1) is 17.3 Å². The van der Waals surface area contributed by atoms with Crippen LogP contribution in [0.3, 0.4) is 0 Å². The summed E-state index contributed by atoms with van der Waals surface area (Å²) in [4.78, 5) is 4.58. The lowest BCUT2D eigenvalue weighted by molar-refractivity contribution is 0.283. The third-order valence-electron chi connectivity index (χ3n) is 5.21. The normalized spacial score (nSPS) is 11.2. The molecule has 0 saturated heterocycles. The Morgan fingerprint density at radius 3 is 2.48 bits per heavy atom. The van der Waals surface area contributed by atoms with Crippen molar-refractivity contribution in [1.29, 1.82) is 0 Å². The molecule has 0 radical (unpaired) electrons. The summed E-state index contributed by atoms with van der Waals surface area (Å²) >= 11 is 3.64. The van der Waals surface area contributed by atoms with E-state index in [9.17, 15) is 0 Å². The van der Waals surface area contributed by atoms with Crippen molar-refractivity contribution in [3.8, 4) is 11.5 Å². The van der Waals surface area contributed by atoms with E-state index >= 15 is 0 Å². The van der Waals surface area contributed by atoms with E-state index in [1.807, 2.05) is 42.6 Å². The van der Waals surface area contributed by atoms with Crippen LogP contribution < -0.4 is 9.47 Å². The van der Waals surface area contributed by atoms with Crippen LogP contribution in [-0.4, -0.2) is 13.3 Å². The van der Waals surface area contributed by atoms with Crippen molar-refractivity contribution in [2.45, 2.75) is 20.0 Å². The number of fused-ring (bicyclic) bond motifs is 1. The number of ether oxygens (including phenoxy) is 2. The number of hydrogen-bond acceptors (Lipinski definition) is 3. The number of halogens is 1. The molecule has 0 bridgehead atoms. The molecule has 0 amide bonds. The van der Waals surface area contributed by atoms with E-state index in [0.717, 1.165) is 27.7 Å². The van der Waals surface area contributed by atoms with Gasteiger partial charge >= 0.3 is 0 Å². The minimum Gasteiger partial charge on any atom is -0.493 e. The summed E-state index contributed by atoms with van der Waals surface area (Å²) < 4.78 is 12.6. The molecule has 0 aliphatic rings. The molecule has 3 nitrogen and oxygen atoms in total. The fourth-order valence-corrected chi connectivity index (χ4v) is 4.06. The summed E-state index contributed by atoms with van der Waals surface area (Å²) in [5.41, 5.74) is 4.29. The van der Waals surface area contributed by atoms with Crippen molar-refractivity contribution in [2.75, 3.05) is 7.11 Å². The summed E-state index contributed by atoms with van der Waals surface area (Å²) in [5, 5.41) is 2.39. The Balaban J connectivity index is 1.55. The maximum Gasteiger partial charge on any atom is 0.175 e. The standard InChI is InChI=1S/C27H24BrNO2/c1-3-19-11-13-23(14-12-19)29-17-20-15-25(28)27(26(16-20)30-2)31-18-22-9-6-8-21-7-4-5-10-24(21)22/h4-17H,3,18H2,1-2H3. The van der Waals surface area contributed by atoms with Crippen LogP contribution in [-0.2, 0) is 13.0 Å². The van der Waals surface area contributed by atoms with E-state index in [1.165, 1.54) is 16.3 Å². The summed E-state index contributed by atoms with van der Waals surface area (Å²) in [6, 6.07) is 26.8. The summed E-state index contributed by atoms with van der Waals surface area (Å²) in [6.07, 6.45) is 2.86. The predicted molar refractivity (Wildman–Crippen MR) is 132 cm³/mol. The zero-order chi connectivity index (χ0) is 21.6. The second kappa shape index (κ2) is 9.80. The fourth-order valence-electron chi connectivity index (χ4n) is 3.49. The van der Waals surface area contributed by atoms with Gasteiger partial charge in [0, 0.05) is 6.21 Å². The van der Waals surface area contributed by atoms with Gasteiger partial charge in [-0.15, -0.1) is 0 Å². The van der Waals surface area contributed by atoms with Crippen LogP contribution in [0, 0.1) is 0 Å². The molecule has 156 valence electrons. The molecule has 0 fully saturated rings. The van der Waals surface area contributed by atoms with Gasteiger partial charge in [-0.3, -0.25) is 4.99 Å². The highest BCUT2D eigenvalue weighted by Gasteiger charge is 2.12. The van der Waals surface area contributed by atoms with Crippen molar-refractivity contribution >= 4 is 38.6 Å². The summed E-state index contributed by atoms with van der Waals surface area (Å²) in [7, 11) is 1.65. The first kappa shape index (κ1) is 21.1. The smallest absolute Gasteiger partial charge is 0.175 e. The highest BCUT2D eigenvalue weighted by molar-refractivity contribution is 9.10. The maximum absolute atomic E-state index is 6.18. The third-order valence-corrected chi connectivity index (χ3v) is 5.80. The molecule has 0 saturated carbocycles. The molecule has 4 rings (SSSR count). The Labute approximate surface area is 191 Å². The number of aliphatic imine (C=N–C) groups is 1. The molecule has 0 heterocycles. The Morgan fingerprint density at radius 1 is 0.935 bits per heavy atom. The monoisotopic (exact) mass is 473 g/mol. The lowest BCUT2D eigenvalue weighted by Crippen LogP contribution is -2.00. The second-order valence-corrected chi connectivity index (χ2v) is 8.09. The van der Waals surface area contributed by atoms with Gasteiger partial charge in [-0.1, -0.05) is 61.5 Å². The fraction of sp³-hybridized carbons (Fsp3) is 0.148. The Morgan fingerprint density at radius 2 is 1.71 bits per heavy atom. The molecule has 0 spiro atoms. The number of benzene rings is 4.